The van der Waals surface area contributed by atoms with Gasteiger partial charge in [0.25, 0.3) is 0 Å². The fraction of sp³-hybridized carbons (Fsp3) is 0.684. The predicted molar refractivity (Wildman–Crippen MR) is 89.7 cm³/mol. The molecule has 0 aliphatic carbocycles. The fourth-order valence-corrected chi connectivity index (χ4v) is 4.31. The van der Waals surface area contributed by atoms with Crippen molar-refractivity contribution in [2.24, 2.45) is 11.8 Å². The number of hydrogen-bond acceptors (Lipinski definition) is 3. The first-order valence-corrected chi connectivity index (χ1v) is 8.61. The Morgan fingerprint density at radius 2 is 1.86 bits per heavy atom. The molecule has 0 bridgehead atoms. The van der Waals surface area contributed by atoms with Gasteiger partial charge in [-0.3, -0.25) is 4.90 Å². The Labute approximate surface area is 134 Å². The number of nitrogens with zero attached hydrogens (tertiary/aromatic N) is 1. The first-order chi connectivity index (χ1) is 10.6. The zero-order valence-corrected chi connectivity index (χ0v) is 14.4. The quantitative estimate of drug-likeness (QED) is 0.837. The lowest BCUT2D eigenvalue weighted by Crippen LogP contribution is -2.42. The molecule has 3 nitrogen and oxygen atoms in total. The molecule has 22 heavy (non-hydrogen) atoms. The van der Waals surface area contributed by atoms with Crippen LogP contribution in [0.1, 0.15) is 50.3 Å². The third kappa shape index (κ3) is 2.96. The number of rotatable bonds is 4. The Bertz CT molecular complexity index is 526. The van der Waals surface area contributed by atoms with Crippen LogP contribution in [0, 0.1) is 11.8 Å². The average Bonchev–Trinajstić information content (AvgIpc) is 2.52. The van der Waals surface area contributed by atoms with Crippen molar-refractivity contribution in [2.75, 3.05) is 27.3 Å². The van der Waals surface area contributed by atoms with E-state index in [1.165, 1.54) is 43.5 Å². The van der Waals surface area contributed by atoms with Crippen LogP contribution in [0.15, 0.2) is 12.1 Å². The number of methoxy groups -OCH3 is 2. The molecule has 1 saturated heterocycles. The summed E-state index contributed by atoms with van der Waals surface area (Å²) in [6.45, 7) is 7.13. The summed E-state index contributed by atoms with van der Waals surface area (Å²) in [4.78, 5) is 2.70. The van der Waals surface area contributed by atoms with Gasteiger partial charge in [0, 0.05) is 19.1 Å². The van der Waals surface area contributed by atoms with Crippen LogP contribution < -0.4 is 9.47 Å². The number of ether oxygens (including phenoxy) is 2. The van der Waals surface area contributed by atoms with E-state index in [1.807, 2.05) is 0 Å². The molecule has 1 unspecified atom stereocenters. The summed E-state index contributed by atoms with van der Waals surface area (Å²) in [5, 5.41) is 0. The predicted octanol–water partition coefficient (Wildman–Crippen LogP) is 4.06. The molecular weight excluding hydrogens is 274 g/mol. The highest BCUT2D eigenvalue weighted by Gasteiger charge is 2.34. The topological polar surface area (TPSA) is 21.7 Å². The highest BCUT2D eigenvalue weighted by Crippen LogP contribution is 2.43. The van der Waals surface area contributed by atoms with Crippen LogP contribution in [0.25, 0.3) is 0 Å². The van der Waals surface area contributed by atoms with Crippen molar-refractivity contribution < 1.29 is 9.47 Å². The van der Waals surface area contributed by atoms with Gasteiger partial charge < -0.3 is 9.47 Å². The summed E-state index contributed by atoms with van der Waals surface area (Å²) in [5.41, 5.74) is 2.91. The summed E-state index contributed by atoms with van der Waals surface area (Å²) in [7, 11) is 3.45. The van der Waals surface area contributed by atoms with E-state index < -0.39 is 0 Å². The van der Waals surface area contributed by atoms with Gasteiger partial charge in [-0.1, -0.05) is 13.8 Å². The van der Waals surface area contributed by atoms with Gasteiger partial charge in [-0.05, 0) is 60.8 Å². The van der Waals surface area contributed by atoms with Crippen molar-refractivity contribution in [3.8, 4) is 11.5 Å². The summed E-state index contributed by atoms with van der Waals surface area (Å²) < 4.78 is 11.0. The molecule has 3 rings (SSSR count). The molecule has 1 aromatic rings. The zero-order valence-electron chi connectivity index (χ0n) is 14.4. The van der Waals surface area contributed by atoms with E-state index in [0.717, 1.165) is 29.8 Å². The maximum Gasteiger partial charge on any atom is 0.161 e. The van der Waals surface area contributed by atoms with E-state index >= 15 is 0 Å². The third-order valence-corrected chi connectivity index (χ3v) is 5.26. The van der Waals surface area contributed by atoms with Gasteiger partial charge in [0.15, 0.2) is 11.5 Å². The standard InChI is InChI=1S/C19H29NO2/c1-13(2)9-14-5-6-17-16-11-19(22-4)18(21-3)10-15(16)7-8-20(17)12-14/h10-11,13-14,17H,5-9,12H2,1-4H3/t14-,17?/m0/s1. The summed E-state index contributed by atoms with van der Waals surface area (Å²) in [6.07, 6.45) is 5.12. The SMILES string of the molecule is COc1cc2c(cc1OC)C1CC[C@@H](CC(C)C)CN1CC2. The van der Waals surface area contributed by atoms with E-state index in [9.17, 15) is 0 Å². The molecule has 0 amide bonds. The maximum absolute atomic E-state index is 5.51. The van der Waals surface area contributed by atoms with E-state index in [1.54, 1.807) is 14.2 Å². The van der Waals surface area contributed by atoms with Gasteiger partial charge in [0.2, 0.25) is 0 Å². The molecule has 122 valence electrons. The van der Waals surface area contributed by atoms with Crippen LogP contribution in [0.3, 0.4) is 0 Å². The maximum atomic E-state index is 5.51. The second-order valence-electron chi connectivity index (χ2n) is 7.24. The van der Waals surface area contributed by atoms with Crippen molar-refractivity contribution in [2.45, 2.75) is 45.6 Å². The van der Waals surface area contributed by atoms with Crippen molar-refractivity contribution in [1.29, 1.82) is 0 Å². The fourth-order valence-electron chi connectivity index (χ4n) is 4.31. The van der Waals surface area contributed by atoms with Crippen LogP contribution >= 0.6 is 0 Å². The van der Waals surface area contributed by atoms with Gasteiger partial charge in [-0.15, -0.1) is 0 Å². The third-order valence-electron chi connectivity index (χ3n) is 5.26. The average molecular weight is 303 g/mol. The Morgan fingerprint density at radius 3 is 2.55 bits per heavy atom. The minimum Gasteiger partial charge on any atom is -0.493 e. The van der Waals surface area contributed by atoms with Gasteiger partial charge in [-0.25, -0.2) is 0 Å². The molecule has 0 saturated carbocycles. The number of piperidine rings is 1. The van der Waals surface area contributed by atoms with Crippen molar-refractivity contribution in [3.63, 3.8) is 0 Å². The molecule has 0 N–H and O–H groups in total. The summed E-state index contributed by atoms with van der Waals surface area (Å²) in [5.74, 6) is 3.41. The molecule has 0 aromatic heterocycles. The van der Waals surface area contributed by atoms with E-state index in [4.69, 9.17) is 9.47 Å². The van der Waals surface area contributed by atoms with Gasteiger partial charge in [0.05, 0.1) is 14.2 Å². The minimum absolute atomic E-state index is 0.576. The number of hydrogen-bond donors (Lipinski definition) is 0. The first-order valence-electron chi connectivity index (χ1n) is 8.61. The monoisotopic (exact) mass is 303 g/mol. The van der Waals surface area contributed by atoms with Crippen LogP contribution in [0.5, 0.6) is 11.5 Å². The summed E-state index contributed by atoms with van der Waals surface area (Å²) in [6, 6.07) is 4.98. The smallest absolute Gasteiger partial charge is 0.161 e. The van der Waals surface area contributed by atoms with Crippen LogP contribution in [0.4, 0.5) is 0 Å². The first kappa shape index (κ1) is 15.7. The molecule has 0 spiro atoms. The van der Waals surface area contributed by atoms with Gasteiger partial charge in [-0.2, -0.15) is 0 Å². The molecular formula is C19H29NO2. The van der Waals surface area contributed by atoms with Crippen molar-refractivity contribution in [1.82, 2.24) is 4.90 Å². The molecule has 3 heteroatoms. The largest absolute Gasteiger partial charge is 0.493 e. The molecule has 2 aliphatic heterocycles. The van der Waals surface area contributed by atoms with Crippen molar-refractivity contribution in [3.05, 3.63) is 23.3 Å². The lowest BCUT2D eigenvalue weighted by Gasteiger charge is -2.44. The molecule has 1 aromatic carbocycles. The molecule has 2 heterocycles. The highest BCUT2D eigenvalue weighted by atomic mass is 16.5. The lowest BCUT2D eigenvalue weighted by atomic mass is 9.81. The van der Waals surface area contributed by atoms with Crippen molar-refractivity contribution >= 4 is 0 Å². The summed E-state index contributed by atoms with van der Waals surface area (Å²) >= 11 is 0. The highest BCUT2D eigenvalue weighted by molar-refractivity contribution is 5.49. The van der Waals surface area contributed by atoms with Crippen LogP contribution in [-0.2, 0) is 6.42 Å². The second kappa shape index (κ2) is 6.49. The Kier molecular flexibility index (Phi) is 4.62. The normalized spacial score (nSPS) is 24.8. The number of benzene rings is 1. The van der Waals surface area contributed by atoms with Gasteiger partial charge in [0.1, 0.15) is 0 Å². The Balaban J connectivity index is 1.82. The second-order valence-corrected chi connectivity index (χ2v) is 7.24. The minimum atomic E-state index is 0.576. The Morgan fingerprint density at radius 1 is 1.14 bits per heavy atom. The Hall–Kier alpha value is -1.22. The zero-order chi connectivity index (χ0) is 15.7. The van der Waals surface area contributed by atoms with Crippen LogP contribution in [-0.4, -0.2) is 32.2 Å². The lowest BCUT2D eigenvalue weighted by molar-refractivity contribution is 0.0894. The van der Waals surface area contributed by atoms with Gasteiger partial charge >= 0.3 is 0 Å². The molecule has 0 radical (unpaired) electrons. The van der Waals surface area contributed by atoms with E-state index in [2.05, 4.69) is 30.9 Å². The van der Waals surface area contributed by atoms with E-state index in [0.29, 0.717) is 6.04 Å². The van der Waals surface area contributed by atoms with E-state index in [-0.39, 0.29) is 0 Å². The van der Waals surface area contributed by atoms with Crippen LogP contribution in [0.2, 0.25) is 0 Å². The molecule has 2 aliphatic rings. The molecule has 2 atom stereocenters. The molecule has 1 fully saturated rings. The number of fused-ring (bicyclic) bond motifs is 3.